The van der Waals surface area contributed by atoms with Crippen LogP contribution in [-0.4, -0.2) is 35.1 Å². The Morgan fingerprint density at radius 3 is 2.48 bits per heavy atom. The molecule has 1 aliphatic heterocycles. The van der Waals surface area contributed by atoms with E-state index in [0.717, 1.165) is 54.0 Å². The largest absolute Gasteiger partial charge is 0.463 e. The number of pyridine rings is 2. The number of hydrogen-bond donors (Lipinski definition) is 0. The fraction of sp³-hybridized carbons (Fsp3) is 0.522. The Balaban J connectivity index is 2.07. The lowest BCUT2D eigenvalue weighted by atomic mass is 9.82. The molecule has 29 heavy (non-hydrogen) atoms. The molecular formula is C23H30ClN3O2. The summed E-state index contributed by atoms with van der Waals surface area (Å²) in [5, 5.41) is 0.454. The quantitative estimate of drug-likeness (QED) is 0.494. The lowest BCUT2D eigenvalue weighted by molar-refractivity contribution is -0.146. The Hall–Kier alpha value is -2.14. The molecule has 2 aromatic rings. The summed E-state index contributed by atoms with van der Waals surface area (Å²) in [5.74, 6) is -0.227. The van der Waals surface area contributed by atoms with Crippen LogP contribution in [0, 0.1) is 12.3 Å². The molecule has 0 aromatic carbocycles. The number of hydrogen-bond acceptors (Lipinski definition) is 5. The van der Waals surface area contributed by atoms with Crippen LogP contribution < -0.4 is 4.90 Å². The first-order valence-electron chi connectivity index (χ1n) is 10.2. The van der Waals surface area contributed by atoms with Gasteiger partial charge >= 0.3 is 5.97 Å². The number of carbonyl (C=O) groups is 1. The summed E-state index contributed by atoms with van der Waals surface area (Å²) < 4.78 is 5.43. The topological polar surface area (TPSA) is 55.3 Å². The number of ether oxygens (including phenoxy) is 1. The summed E-state index contributed by atoms with van der Waals surface area (Å²) in [7, 11) is 0. The van der Waals surface area contributed by atoms with Crippen molar-refractivity contribution in [2.75, 3.05) is 18.0 Å². The molecule has 0 bridgehead atoms. The van der Waals surface area contributed by atoms with E-state index < -0.39 is 0 Å². The number of rotatable bonds is 5. The van der Waals surface area contributed by atoms with Crippen molar-refractivity contribution in [2.24, 2.45) is 5.41 Å². The van der Waals surface area contributed by atoms with E-state index in [1.807, 2.05) is 33.0 Å². The third-order valence-corrected chi connectivity index (χ3v) is 5.75. The molecule has 3 rings (SSSR count). The summed E-state index contributed by atoms with van der Waals surface area (Å²) in [6.45, 7) is 12.2. The highest BCUT2D eigenvalue weighted by atomic mass is 35.5. The van der Waals surface area contributed by atoms with E-state index in [2.05, 4.69) is 28.7 Å². The number of halogens is 1. The molecule has 1 saturated heterocycles. The van der Waals surface area contributed by atoms with Crippen LogP contribution in [0.4, 0.5) is 5.69 Å². The van der Waals surface area contributed by atoms with Crippen molar-refractivity contribution in [3.05, 3.63) is 40.9 Å². The van der Waals surface area contributed by atoms with Crippen LogP contribution in [-0.2, 0) is 16.0 Å². The van der Waals surface area contributed by atoms with Crippen LogP contribution in [0.5, 0.6) is 0 Å². The molecule has 5 nitrogen and oxygen atoms in total. The minimum Gasteiger partial charge on any atom is -0.463 e. The fourth-order valence-corrected chi connectivity index (χ4v) is 3.85. The molecule has 1 fully saturated rings. The average Bonchev–Trinajstić information content (AvgIpc) is 2.64. The lowest BCUT2D eigenvalue weighted by Gasteiger charge is -2.40. The maximum absolute atomic E-state index is 12.5. The Morgan fingerprint density at radius 1 is 1.21 bits per heavy atom. The predicted molar refractivity (Wildman–Crippen MR) is 117 cm³/mol. The minimum absolute atomic E-state index is 0.140. The van der Waals surface area contributed by atoms with Crippen molar-refractivity contribution in [3.8, 4) is 11.1 Å². The first-order chi connectivity index (χ1) is 13.7. The van der Waals surface area contributed by atoms with E-state index >= 15 is 0 Å². The molecule has 0 saturated carbocycles. The standard InChI is InChI=1S/C23H30ClN3O2/c1-15(2)29-21(28)12-18-16(3)25-14-19(17-6-7-20(24)26-13-17)22(18)27-10-8-23(4,5)9-11-27/h6-7,13-15H,8-12H2,1-5H3. The number of aromatic nitrogens is 2. The summed E-state index contributed by atoms with van der Waals surface area (Å²) in [5.41, 5.74) is 5.11. The predicted octanol–water partition coefficient (Wildman–Crippen LogP) is 5.23. The van der Waals surface area contributed by atoms with E-state index in [1.54, 1.807) is 12.3 Å². The Bertz CT molecular complexity index is 868. The fourth-order valence-electron chi connectivity index (χ4n) is 3.74. The van der Waals surface area contributed by atoms with E-state index in [0.29, 0.717) is 10.6 Å². The third-order valence-electron chi connectivity index (χ3n) is 5.52. The summed E-state index contributed by atoms with van der Waals surface area (Å²) in [4.78, 5) is 23.7. The van der Waals surface area contributed by atoms with Crippen molar-refractivity contribution >= 4 is 23.3 Å². The van der Waals surface area contributed by atoms with Crippen LogP contribution in [0.25, 0.3) is 11.1 Å². The molecule has 0 unspecified atom stereocenters. The normalized spacial score (nSPS) is 16.2. The van der Waals surface area contributed by atoms with Crippen LogP contribution in [0.2, 0.25) is 5.15 Å². The SMILES string of the molecule is Cc1ncc(-c2ccc(Cl)nc2)c(N2CCC(C)(C)CC2)c1CC(=O)OC(C)C. The van der Waals surface area contributed by atoms with Gasteiger partial charge in [-0.15, -0.1) is 0 Å². The highest BCUT2D eigenvalue weighted by Crippen LogP contribution is 2.39. The van der Waals surface area contributed by atoms with Gasteiger partial charge in [0.05, 0.1) is 18.2 Å². The van der Waals surface area contributed by atoms with Crippen molar-refractivity contribution in [2.45, 2.75) is 60.0 Å². The zero-order valence-corrected chi connectivity index (χ0v) is 18.7. The van der Waals surface area contributed by atoms with Gasteiger partial charge in [-0.3, -0.25) is 9.78 Å². The van der Waals surface area contributed by atoms with Crippen molar-refractivity contribution in [3.63, 3.8) is 0 Å². The van der Waals surface area contributed by atoms with Gasteiger partial charge in [0.25, 0.3) is 0 Å². The molecular weight excluding hydrogens is 386 g/mol. The van der Waals surface area contributed by atoms with E-state index in [4.69, 9.17) is 16.3 Å². The number of aryl methyl sites for hydroxylation is 1. The number of carbonyl (C=O) groups excluding carboxylic acids is 1. The van der Waals surface area contributed by atoms with Crippen LogP contribution in [0.3, 0.4) is 0 Å². The Morgan fingerprint density at radius 2 is 1.90 bits per heavy atom. The van der Waals surface area contributed by atoms with E-state index in [1.165, 1.54) is 0 Å². The first kappa shape index (κ1) is 21.6. The highest BCUT2D eigenvalue weighted by molar-refractivity contribution is 6.29. The van der Waals surface area contributed by atoms with Gasteiger partial charge in [0.1, 0.15) is 5.15 Å². The lowest BCUT2D eigenvalue weighted by Crippen LogP contribution is -2.38. The maximum Gasteiger partial charge on any atom is 0.310 e. The number of piperidine rings is 1. The number of anilines is 1. The van der Waals surface area contributed by atoms with Gasteiger partial charge in [-0.25, -0.2) is 4.98 Å². The van der Waals surface area contributed by atoms with Crippen LogP contribution >= 0.6 is 11.6 Å². The smallest absolute Gasteiger partial charge is 0.310 e. The second-order valence-corrected chi connectivity index (χ2v) is 9.21. The van der Waals surface area contributed by atoms with Gasteiger partial charge in [-0.1, -0.05) is 25.4 Å². The second-order valence-electron chi connectivity index (χ2n) is 8.82. The molecule has 0 atom stereocenters. The molecule has 3 heterocycles. The Kier molecular flexibility index (Phi) is 6.47. The minimum atomic E-state index is -0.227. The molecule has 0 amide bonds. The van der Waals surface area contributed by atoms with Crippen molar-refractivity contribution < 1.29 is 9.53 Å². The van der Waals surface area contributed by atoms with Gasteiger partial charge in [-0.05, 0) is 51.2 Å². The molecule has 2 aromatic heterocycles. The van der Waals surface area contributed by atoms with E-state index in [9.17, 15) is 4.79 Å². The molecule has 0 N–H and O–H groups in total. The summed E-state index contributed by atoms with van der Waals surface area (Å²) >= 11 is 5.99. The number of nitrogens with zero attached hydrogens (tertiary/aromatic N) is 3. The molecule has 156 valence electrons. The van der Waals surface area contributed by atoms with E-state index in [-0.39, 0.29) is 18.5 Å². The molecule has 0 radical (unpaired) electrons. The second kappa shape index (κ2) is 8.70. The summed E-state index contributed by atoms with van der Waals surface area (Å²) in [6, 6.07) is 3.74. The Labute approximate surface area is 178 Å². The van der Waals surface area contributed by atoms with Gasteiger partial charge in [-0.2, -0.15) is 0 Å². The maximum atomic E-state index is 12.5. The van der Waals surface area contributed by atoms with Crippen molar-refractivity contribution in [1.82, 2.24) is 9.97 Å². The summed E-state index contributed by atoms with van der Waals surface area (Å²) in [6.07, 6.45) is 5.92. The van der Waals surface area contributed by atoms with Gasteiger partial charge < -0.3 is 9.64 Å². The zero-order chi connectivity index (χ0) is 21.2. The highest BCUT2D eigenvalue weighted by Gasteiger charge is 2.29. The van der Waals surface area contributed by atoms with Crippen LogP contribution in [0.15, 0.2) is 24.5 Å². The van der Waals surface area contributed by atoms with Crippen LogP contribution in [0.1, 0.15) is 51.8 Å². The van der Waals surface area contributed by atoms with Gasteiger partial charge in [0.15, 0.2) is 0 Å². The third kappa shape index (κ3) is 5.27. The molecule has 0 aliphatic carbocycles. The first-order valence-corrected chi connectivity index (χ1v) is 10.6. The number of esters is 1. The monoisotopic (exact) mass is 415 g/mol. The molecule has 6 heteroatoms. The molecule has 1 aliphatic rings. The van der Waals surface area contributed by atoms with Crippen molar-refractivity contribution in [1.29, 1.82) is 0 Å². The average molecular weight is 416 g/mol. The van der Waals surface area contributed by atoms with Gasteiger partial charge in [0, 0.05) is 47.9 Å². The van der Waals surface area contributed by atoms with Gasteiger partial charge in [0.2, 0.25) is 0 Å². The molecule has 0 spiro atoms. The zero-order valence-electron chi connectivity index (χ0n) is 18.0.